The molecule has 3 fully saturated rings. The monoisotopic (exact) mass is 387 g/mol. The summed E-state index contributed by atoms with van der Waals surface area (Å²) >= 11 is 0. The van der Waals surface area contributed by atoms with Gasteiger partial charge in [-0.1, -0.05) is 6.07 Å². The van der Waals surface area contributed by atoms with Gasteiger partial charge in [0, 0.05) is 38.1 Å². The van der Waals surface area contributed by atoms with E-state index in [1.165, 1.54) is 18.2 Å². The molecular weight excluding hydrogens is 358 g/mol. The molecule has 0 unspecified atom stereocenters. The Hall–Kier alpha value is -2.28. The van der Waals surface area contributed by atoms with Gasteiger partial charge in [-0.05, 0) is 57.3 Å². The zero-order valence-electron chi connectivity index (χ0n) is 16.5. The predicted molar refractivity (Wildman–Crippen MR) is 104 cm³/mol. The lowest BCUT2D eigenvalue weighted by molar-refractivity contribution is -0.152. The van der Waals surface area contributed by atoms with Gasteiger partial charge < -0.3 is 24.9 Å². The molecule has 2 amide bonds. The van der Waals surface area contributed by atoms with Crippen LogP contribution in [0.4, 0.5) is 0 Å². The maximum Gasteiger partial charge on any atom is 0.261 e. The number of hydrogen-bond acceptors (Lipinski definition) is 5. The summed E-state index contributed by atoms with van der Waals surface area (Å²) in [4.78, 5) is 31.9. The third-order valence-electron chi connectivity index (χ3n) is 6.57. The van der Waals surface area contributed by atoms with Crippen LogP contribution in [0.1, 0.15) is 36.0 Å². The second-order valence-corrected chi connectivity index (χ2v) is 8.73. The number of rotatable bonds is 3. The van der Waals surface area contributed by atoms with Gasteiger partial charge in [-0.3, -0.25) is 9.59 Å². The van der Waals surface area contributed by atoms with Gasteiger partial charge in [0.15, 0.2) is 0 Å². The lowest BCUT2D eigenvalue weighted by atomic mass is 9.71. The van der Waals surface area contributed by atoms with Crippen LogP contribution in [0, 0.1) is 11.8 Å². The number of piperidine rings is 3. The zero-order valence-corrected chi connectivity index (χ0v) is 16.5. The molecule has 4 atom stereocenters. The Labute approximate surface area is 165 Å². The molecule has 1 aromatic carbocycles. The molecule has 0 aliphatic carbocycles. The number of amides is 2. The van der Waals surface area contributed by atoms with Crippen LogP contribution in [0.3, 0.4) is 0 Å². The number of hydrogen-bond donors (Lipinski definition) is 2. The number of phenols is 2. The average molecular weight is 387 g/mol. The van der Waals surface area contributed by atoms with E-state index in [9.17, 15) is 19.8 Å². The van der Waals surface area contributed by atoms with Crippen molar-refractivity contribution in [3.63, 3.8) is 0 Å². The van der Waals surface area contributed by atoms with Crippen molar-refractivity contribution in [2.45, 2.75) is 37.8 Å². The fourth-order valence-electron chi connectivity index (χ4n) is 5.46. The van der Waals surface area contributed by atoms with E-state index in [4.69, 9.17) is 0 Å². The number of likely N-dealkylation sites (tertiary alicyclic amines) is 1. The third-order valence-corrected chi connectivity index (χ3v) is 6.57. The fraction of sp³-hybridized carbons (Fsp3) is 0.619. The SMILES string of the molecule is CN(C)C[C@H]1[C@H]2C[C@H](CN(C(=O)c3c(O)cccc3O)C2)[C@@H]2CCCC(=O)N21. The highest BCUT2D eigenvalue weighted by atomic mass is 16.3. The maximum atomic E-state index is 13.1. The molecule has 28 heavy (non-hydrogen) atoms. The topological polar surface area (TPSA) is 84.3 Å². The van der Waals surface area contributed by atoms with Crippen LogP contribution in [0.15, 0.2) is 18.2 Å². The van der Waals surface area contributed by atoms with Crippen molar-refractivity contribution >= 4 is 11.8 Å². The first kappa shape index (κ1) is 19.1. The van der Waals surface area contributed by atoms with E-state index in [2.05, 4.69) is 9.80 Å². The lowest BCUT2D eigenvalue weighted by Crippen LogP contribution is -2.67. The van der Waals surface area contributed by atoms with Crippen molar-refractivity contribution in [2.24, 2.45) is 11.8 Å². The molecule has 7 heteroatoms. The molecule has 4 rings (SSSR count). The smallest absolute Gasteiger partial charge is 0.261 e. The number of carbonyl (C=O) groups is 2. The highest BCUT2D eigenvalue weighted by molar-refractivity contribution is 5.99. The Morgan fingerprint density at radius 2 is 1.86 bits per heavy atom. The minimum absolute atomic E-state index is 0.0248. The average Bonchev–Trinajstić information content (AvgIpc) is 2.64. The van der Waals surface area contributed by atoms with Gasteiger partial charge in [0.25, 0.3) is 5.91 Å². The van der Waals surface area contributed by atoms with E-state index in [0.717, 1.165) is 25.8 Å². The van der Waals surface area contributed by atoms with Crippen molar-refractivity contribution in [2.75, 3.05) is 33.7 Å². The highest BCUT2D eigenvalue weighted by Gasteiger charge is 2.50. The molecular formula is C21H29N3O4. The van der Waals surface area contributed by atoms with E-state index < -0.39 is 0 Å². The van der Waals surface area contributed by atoms with E-state index in [-0.39, 0.29) is 52.8 Å². The number of aromatic hydroxyl groups is 2. The summed E-state index contributed by atoms with van der Waals surface area (Å²) in [6, 6.07) is 4.64. The second-order valence-electron chi connectivity index (χ2n) is 8.73. The van der Waals surface area contributed by atoms with Gasteiger partial charge in [0.2, 0.25) is 5.91 Å². The fourth-order valence-corrected chi connectivity index (χ4v) is 5.46. The van der Waals surface area contributed by atoms with Gasteiger partial charge in [-0.25, -0.2) is 0 Å². The zero-order chi connectivity index (χ0) is 20.0. The summed E-state index contributed by atoms with van der Waals surface area (Å²) in [6.07, 6.45) is 3.53. The molecule has 2 bridgehead atoms. The van der Waals surface area contributed by atoms with Crippen LogP contribution >= 0.6 is 0 Å². The molecule has 7 nitrogen and oxygen atoms in total. The molecule has 3 heterocycles. The first-order valence-corrected chi connectivity index (χ1v) is 10.1. The Kier molecular flexibility index (Phi) is 4.95. The number of nitrogens with zero attached hydrogens (tertiary/aromatic N) is 3. The molecule has 3 aliphatic rings. The van der Waals surface area contributed by atoms with Crippen LogP contribution in [-0.4, -0.2) is 82.5 Å². The Morgan fingerprint density at radius 1 is 1.18 bits per heavy atom. The van der Waals surface area contributed by atoms with Gasteiger partial charge in [-0.2, -0.15) is 0 Å². The number of phenolic OH excluding ortho intramolecular Hbond substituents is 2. The maximum absolute atomic E-state index is 13.1. The number of carbonyl (C=O) groups excluding carboxylic acids is 2. The third kappa shape index (κ3) is 3.21. The van der Waals surface area contributed by atoms with E-state index >= 15 is 0 Å². The first-order chi connectivity index (χ1) is 13.4. The predicted octanol–water partition coefficient (Wildman–Crippen LogP) is 1.50. The number of likely N-dealkylation sites (N-methyl/N-ethyl adjacent to an activating group) is 1. The van der Waals surface area contributed by atoms with Gasteiger partial charge in [0.05, 0.1) is 0 Å². The molecule has 3 saturated heterocycles. The van der Waals surface area contributed by atoms with Gasteiger partial charge in [0.1, 0.15) is 17.1 Å². The lowest BCUT2D eigenvalue weighted by Gasteiger charge is -2.57. The second kappa shape index (κ2) is 7.28. The summed E-state index contributed by atoms with van der Waals surface area (Å²) in [5.41, 5.74) is -0.0248. The minimum Gasteiger partial charge on any atom is -0.507 e. The molecule has 0 aromatic heterocycles. The summed E-state index contributed by atoms with van der Waals surface area (Å²) in [6.45, 7) is 1.88. The van der Waals surface area contributed by atoms with E-state index in [0.29, 0.717) is 19.5 Å². The normalized spacial score (nSPS) is 29.8. The van der Waals surface area contributed by atoms with E-state index in [1.54, 1.807) is 4.90 Å². The molecule has 0 radical (unpaired) electrons. The molecule has 152 valence electrons. The van der Waals surface area contributed by atoms with Crippen LogP contribution in [0.25, 0.3) is 0 Å². The van der Waals surface area contributed by atoms with Gasteiger partial charge in [-0.15, -0.1) is 0 Å². The highest BCUT2D eigenvalue weighted by Crippen LogP contribution is 2.42. The minimum atomic E-state index is -0.329. The Balaban J connectivity index is 1.63. The molecule has 0 spiro atoms. The largest absolute Gasteiger partial charge is 0.507 e. The number of fused-ring (bicyclic) bond motifs is 4. The summed E-state index contributed by atoms with van der Waals surface area (Å²) in [7, 11) is 4.03. The van der Waals surface area contributed by atoms with Crippen LogP contribution < -0.4 is 0 Å². The molecule has 2 N–H and O–H groups in total. The van der Waals surface area contributed by atoms with Crippen molar-refractivity contribution in [1.29, 1.82) is 0 Å². The molecule has 3 aliphatic heterocycles. The summed E-state index contributed by atoms with van der Waals surface area (Å²) < 4.78 is 0. The summed E-state index contributed by atoms with van der Waals surface area (Å²) in [5, 5.41) is 20.2. The summed E-state index contributed by atoms with van der Waals surface area (Å²) in [5.74, 6) is -0.0183. The first-order valence-electron chi connectivity index (χ1n) is 10.1. The Morgan fingerprint density at radius 3 is 2.54 bits per heavy atom. The van der Waals surface area contributed by atoms with Crippen molar-refractivity contribution in [3.8, 4) is 11.5 Å². The molecule has 0 saturated carbocycles. The van der Waals surface area contributed by atoms with Crippen LogP contribution in [0.2, 0.25) is 0 Å². The standard InChI is InChI=1S/C21H29N3O4/c1-22(2)12-16-14-9-13(15-5-3-8-19(27)24(15)16)10-23(11-14)21(28)20-17(25)6-4-7-18(20)26/h4,6-7,13-16,25-26H,3,5,8-12H2,1-2H3/t13-,14+,15+,16+/m1/s1. The van der Waals surface area contributed by atoms with Crippen molar-refractivity contribution in [1.82, 2.24) is 14.7 Å². The molecule has 1 aromatic rings. The Bertz CT molecular complexity index is 761. The quantitative estimate of drug-likeness (QED) is 0.821. The van der Waals surface area contributed by atoms with E-state index in [1.807, 2.05) is 14.1 Å². The van der Waals surface area contributed by atoms with Crippen molar-refractivity contribution in [3.05, 3.63) is 23.8 Å². The van der Waals surface area contributed by atoms with Crippen LogP contribution in [0.5, 0.6) is 11.5 Å². The number of benzene rings is 1. The van der Waals surface area contributed by atoms with Crippen LogP contribution in [-0.2, 0) is 4.79 Å². The van der Waals surface area contributed by atoms with Crippen molar-refractivity contribution < 1.29 is 19.8 Å². The van der Waals surface area contributed by atoms with Gasteiger partial charge >= 0.3 is 0 Å².